The van der Waals surface area contributed by atoms with Crippen LogP contribution in [-0.2, 0) is 7.05 Å². The van der Waals surface area contributed by atoms with Gasteiger partial charge in [0.1, 0.15) is 5.56 Å². The molecule has 0 fully saturated rings. The van der Waals surface area contributed by atoms with Gasteiger partial charge in [-0.05, 0) is 35.7 Å². The molecule has 10 heteroatoms. The number of nitrogen functional groups attached to an aromatic ring is 1. The summed E-state index contributed by atoms with van der Waals surface area (Å²) < 4.78 is 4.72. The molecule has 1 unspecified atom stereocenters. The molecule has 0 aliphatic heterocycles. The summed E-state index contributed by atoms with van der Waals surface area (Å²) in [5.41, 5.74) is 15.5. The molecule has 10 nitrogen and oxygen atoms in total. The standard InChI is InChI=1S/C31H26N8O2/c1-19(27(32)28(40)26-29(33)36-38-15-7-14-34-30(26)38)24-16-22-9-6-8-21(13-12-20-17-35-37(2)18-20)25(22)31(41)39(24)23-10-4-3-5-11-23/h3-11,14-19,27H,32H2,1-2H3,(H2,33,36)/t19-,27?/m0/s1. The van der Waals surface area contributed by atoms with Crippen molar-refractivity contribution in [3.63, 3.8) is 0 Å². The first-order valence-corrected chi connectivity index (χ1v) is 13.0. The molecule has 4 N–H and O–H groups in total. The number of Topliss-reactive ketones (excluding diaryl/α,β-unsaturated/α-hetero) is 1. The summed E-state index contributed by atoms with van der Waals surface area (Å²) in [5, 5.41) is 9.52. The Morgan fingerprint density at radius 2 is 1.85 bits per heavy atom. The molecule has 202 valence electrons. The largest absolute Gasteiger partial charge is 0.382 e. The normalized spacial score (nSPS) is 12.7. The van der Waals surface area contributed by atoms with Crippen LogP contribution in [0.1, 0.15) is 40.0 Å². The van der Waals surface area contributed by atoms with Crippen LogP contribution in [0.25, 0.3) is 22.1 Å². The minimum Gasteiger partial charge on any atom is -0.382 e. The van der Waals surface area contributed by atoms with E-state index < -0.39 is 17.7 Å². The lowest BCUT2D eigenvalue weighted by atomic mass is 9.90. The predicted octanol–water partition coefficient (Wildman–Crippen LogP) is 3.06. The lowest BCUT2D eigenvalue weighted by Gasteiger charge is -2.24. The van der Waals surface area contributed by atoms with Crippen molar-refractivity contribution in [3.05, 3.63) is 118 Å². The number of anilines is 1. The Bertz CT molecular complexity index is 2060. The highest BCUT2D eigenvalue weighted by molar-refractivity contribution is 6.09. The summed E-state index contributed by atoms with van der Waals surface area (Å²) in [5.74, 6) is 5.29. The van der Waals surface area contributed by atoms with Crippen LogP contribution in [0.2, 0.25) is 0 Å². The Morgan fingerprint density at radius 1 is 1.05 bits per heavy atom. The maximum absolute atomic E-state index is 14.3. The molecule has 0 spiro atoms. The average molecular weight is 543 g/mol. The van der Waals surface area contributed by atoms with E-state index >= 15 is 0 Å². The van der Waals surface area contributed by atoms with Crippen molar-refractivity contribution in [1.82, 2.24) is 28.9 Å². The fourth-order valence-electron chi connectivity index (χ4n) is 5.01. The number of aromatic nitrogens is 6. The Hall–Kier alpha value is -5.53. The van der Waals surface area contributed by atoms with Gasteiger partial charge in [-0.3, -0.25) is 18.8 Å². The number of para-hydroxylation sites is 1. The third-order valence-electron chi connectivity index (χ3n) is 7.11. The van der Waals surface area contributed by atoms with E-state index in [4.69, 9.17) is 11.5 Å². The van der Waals surface area contributed by atoms with E-state index in [-0.39, 0.29) is 16.9 Å². The van der Waals surface area contributed by atoms with Gasteiger partial charge in [-0.15, -0.1) is 5.10 Å². The van der Waals surface area contributed by atoms with Crippen LogP contribution in [0, 0.1) is 11.8 Å². The van der Waals surface area contributed by atoms with Crippen LogP contribution in [0.5, 0.6) is 0 Å². The molecular weight excluding hydrogens is 516 g/mol. The molecule has 6 aromatic rings. The van der Waals surface area contributed by atoms with E-state index in [1.165, 1.54) is 4.52 Å². The van der Waals surface area contributed by atoms with Gasteiger partial charge < -0.3 is 11.5 Å². The van der Waals surface area contributed by atoms with E-state index in [2.05, 4.69) is 27.0 Å². The van der Waals surface area contributed by atoms with Crippen LogP contribution in [-0.4, -0.2) is 40.8 Å². The van der Waals surface area contributed by atoms with Gasteiger partial charge in [-0.25, -0.2) is 9.50 Å². The number of pyridine rings is 1. The van der Waals surface area contributed by atoms with Gasteiger partial charge in [0.25, 0.3) is 5.56 Å². The van der Waals surface area contributed by atoms with Crippen molar-refractivity contribution in [2.45, 2.75) is 18.9 Å². The van der Waals surface area contributed by atoms with E-state index in [0.29, 0.717) is 33.4 Å². The van der Waals surface area contributed by atoms with Crippen LogP contribution in [0.15, 0.2) is 90.2 Å². The predicted molar refractivity (Wildman–Crippen MR) is 157 cm³/mol. The Balaban J connectivity index is 1.51. The molecular formula is C31H26N8O2. The monoisotopic (exact) mass is 542 g/mol. The molecule has 0 saturated carbocycles. The molecule has 6 rings (SSSR count). The third kappa shape index (κ3) is 4.54. The summed E-state index contributed by atoms with van der Waals surface area (Å²) in [6.07, 6.45) is 6.71. The molecule has 2 atom stereocenters. The van der Waals surface area contributed by atoms with Crippen LogP contribution >= 0.6 is 0 Å². The van der Waals surface area contributed by atoms with Crippen LogP contribution in [0.4, 0.5) is 5.82 Å². The van der Waals surface area contributed by atoms with Crippen molar-refractivity contribution >= 4 is 28.0 Å². The number of rotatable bonds is 5. The van der Waals surface area contributed by atoms with Crippen molar-refractivity contribution in [2.24, 2.45) is 12.8 Å². The van der Waals surface area contributed by atoms with Crippen molar-refractivity contribution in [1.29, 1.82) is 0 Å². The first-order chi connectivity index (χ1) is 19.8. The molecule has 0 amide bonds. The molecule has 0 aliphatic carbocycles. The molecule has 0 radical (unpaired) electrons. The zero-order chi connectivity index (χ0) is 28.7. The molecule has 2 aromatic carbocycles. The first kappa shape index (κ1) is 25.7. The number of nitrogens with two attached hydrogens (primary N) is 2. The lowest BCUT2D eigenvalue weighted by Crippen LogP contribution is -2.38. The van der Waals surface area contributed by atoms with E-state index in [1.54, 1.807) is 33.9 Å². The number of ketones is 1. The quantitative estimate of drug-likeness (QED) is 0.252. The fourth-order valence-corrected chi connectivity index (χ4v) is 5.01. The van der Waals surface area contributed by atoms with Gasteiger partial charge >= 0.3 is 0 Å². The summed E-state index contributed by atoms with van der Waals surface area (Å²) in [4.78, 5) is 32.2. The smallest absolute Gasteiger partial charge is 0.264 e. The molecule has 0 bridgehead atoms. The summed E-state index contributed by atoms with van der Waals surface area (Å²) in [7, 11) is 1.82. The van der Waals surface area contributed by atoms with Gasteiger partial charge in [0.15, 0.2) is 17.2 Å². The maximum Gasteiger partial charge on any atom is 0.264 e. The number of aryl methyl sites for hydroxylation is 1. The second-order valence-electron chi connectivity index (χ2n) is 9.79. The van der Waals surface area contributed by atoms with E-state index in [1.807, 2.05) is 74.8 Å². The van der Waals surface area contributed by atoms with Crippen molar-refractivity contribution in [3.8, 4) is 17.5 Å². The molecule has 0 saturated heterocycles. The number of carbonyl (C=O) groups is 1. The van der Waals surface area contributed by atoms with E-state index in [0.717, 1.165) is 5.56 Å². The van der Waals surface area contributed by atoms with Gasteiger partial charge in [-0.2, -0.15) is 5.10 Å². The lowest BCUT2D eigenvalue weighted by molar-refractivity contribution is 0.0952. The highest BCUT2D eigenvalue weighted by atomic mass is 16.1. The number of hydrogen-bond acceptors (Lipinski definition) is 7. The van der Waals surface area contributed by atoms with E-state index in [9.17, 15) is 9.59 Å². The molecule has 41 heavy (non-hydrogen) atoms. The SMILES string of the molecule is C[C@@H](c1cc2cccc(C#Cc3cnn(C)c3)c2c(=O)n1-c1ccccc1)C(N)C(=O)c1c(N)nn2cccnc12. The van der Waals surface area contributed by atoms with Gasteiger partial charge in [0, 0.05) is 48.5 Å². The van der Waals surface area contributed by atoms with Gasteiger partial charge in [-0.1, -0.05) is 49.1 Å². The number of hydrogen-bond donors (Lipinski definition) is 2. The number of carbonyl (C=O) groups excluding carboxylic acids is 1. The highest BCUT2D eigenvalue weighted by Gasteiger charge is 2.31. The van der Waals surface area contributed by atoms with Crippen molar-refractivity contribution < 1.29 is 4.79 Å². The number of fused-ring (bicyclic) bond motifs is 2. The number of benzene rings is 2. The summed E-state index contributed by atoms with van der Waals surface area (Å²) in [6.45, 7) is 1.82. The van der Waals surface area contributed by atoms with Crippen LogP contribution < -0.4 is 17.0 Å². The zero-order valence-corrected chi connectivity index (χ0v) is 22.4. The Kier molecular flexibility index (Phi) is 6.41. The number of nitrogens with zero attached hydrogens (tertiary/aromatic N) is 6. The average Bonchev–Trinajstić information content (AvgIpc) is 3.56. The summed E-state index contributed by atoms with van der Waals surface area (Å²) >= 11 is 0. The second kappa shape index (κ2) is 10.2. The third-order valence-corrected chi connectivity index (χ3v) is 7.11. The Labute approximate surface area is 234 Å². The Morgan fingerprint density at radius 3 is 2.61 bits per heavy atom. The maximum atomic E-state index is 14.3. The second-order valence-corrected chi connectivity index (χ2v) is 9.79. The minimum atomic E-state index is -1.03. The fraction of sp³-hybridized carbons (Fsp3) is 0.129. The van der Waals surface area contributed by atoms with Gasteiger partial charge in [0.2, 0.25) is 0 Å². The molecule has 4 heterocycles. The highest BCUT2D eigenvalue weighted by Crippen LogP contribution is 2.28. The van der Waals surface area contributed by atoms with Crippen molar-refractivity contribution in [2.75, 3.05) is 5.73 Å². The summed E-state index contributed by atoms with van der Waals surface area (Å²) in [6, 6.07) is 17.4. The topological polar surface area (TPSA) is 139 Å². The zero-order valence-electron chi connectivity index (χ0n) is 22.4. The molecule has 4 aromatic heterocycles. The minimum absolute atomic E-state index is 0.0483. The first-order valence-electron chi connectivity index (χ1n) is 13.0. The molecule has 0 aliphatic rings. The van der Waals surface area contributed by atoms with Gasteiger partial charge in [0.05, 0.1) is 23.2 Å². The van der Waals surface area contributed by atoms with Crippen LogP contribution in [0.3, 0.4) is 0 Å².